The van der Waals surface area contributed by atoms with Crippen molar-refractivity contribution in [3.8, 4) is 0 Å². The molecule has 0 aliphatic rings. The molecule has 16 heavy (non-hydrogen) atoms. The summed E-state index contributed by atoms with van der Waals surface area (Å²) in [6.45, 7) is 1.14. The first-order valence-electron chi connectivity index (χ1n) is 5.29. The van der Waals surface area contributed by atoms with Crippen LogP contribution in [0.2, 0.25) is 0 Å². The topological polar surface area (TPSA) is 35.2 Å². The summed E-state index contributed by atoms with van der Waals surface area (Å²) in [6.07, 6.45) is -0.0108. The summed E-state index contributed by atoms with van der Waals surface area (Å²) >= 11 is 1.70. The van der Waals surface area contributed by atoms with Gasteiger partial charge in [-0.1, -0.05) is 36.4 Å². The van der Waals surface area contributed by atoms with Crippen molar-refractivity contribution >= 4 is 11.3 Å². The third kappa shape index (κ3) is 2.92. The van der Waals surface area contributed by atoms with Gasteiger partial charge in [0.15, 0.2) is 0 Å². The lowest BCUT2D eigenvalue weighted by molar-refractivity contribution is 0.0473. The number of thiophene rings is 1. The van der Waals surface area contributed by atoms with Crippen LogP contribution in [-0.2, 0) is 11.3 Å². The Morgan fingerprint density at radius 3 is 2.56 bits per heavy atom. The summed E-state index contributed by atoms with van der Waals surface area (Å²) in [4.78, 5) is 1.23. The summed E-state index contributed by atoms with van der Waals surface area (Å²) < 4.78 is 5.81. The average Bonchev–Trinajstić information content (AvgIpc) is 2.84. The van der Waals surface area contributed by atoms with Crippen molar-refractivity contribution in [2.45, 2.75) is 12.7 Å². The van der Waals surface area contributed by atoms with Crippen molar-refractivity contribution in [3.63, 3.8) is 0 Å². The van der Waals surface area contributed by atoms with E-state index in [4.69, 9.17) is 10.5 Å². The highest BCUT2D eigenvalue weighted by molar-refractivity contribution is 7.09. The van der Waals surface area contributed by atoms with Crippen molar-refractivity contribution in [2.24, 2.45) is 5.73 Å². The second kappa shape index (κ2) is 5.80. The molecule has 2 aromatic rings. The number of benzene rings is 1. The summed E-state index contributed by atoms with van der Waals surface area (Å²) in [6, 6.07) is 14.2. The summed E-state index contributed by atoms with van der Waals surface area (Å²) in [5, 5.41) is 2.05. The third-order valence-electron chi connectivity index (χ3n) is 2.39. The van der Waals surface area contributed by atoms with Gasteiger partial charge >= 0.3 is 0 Å². The van der Waals surface area contributed by atoms with Crippen LogP contribution in [0.5, 0.6) is 0 Å². The fourth-order valence-electron chi connectivity index (χ4n) is 1.55. The molecule has 1 aromatic heterocycles. The van der Waals surface area contributed by atoms with Gasteiger partial charge in [-0.05, 0) is 17.0 Å². The molecule has 84 valence electrons. The highest BCUT2D eigenvalue weighted by Crippen LogP contribution is 2.19. The molecule has 1 atom stereocenters. The standard InChI is InChI=1S/C13H15NOS/c14-9-13(11-5-2-1-3-6-11)15-10-12-7-4-8-16-12/h1-8,13H,9-10,14H2. The second-order valence-electron chi connectivity index (χ2n) is 3.53. The van der Waals surface area contributed by atoms with E-state index in [2.05, 4.69) is 11.4 Å². The van der Waals surface area contributed by atoms with E-state index >= 15 is 0 Å². The Labute approximate surface area is 99.7 Å². The third-order valence-corrected chi connectivity index (χ3v) is 3.24. The number of ether oxygens (including phenoxy) is 1. The lowest BCUT2D eigenvalue weighted by Crippen LogP contribution is -2.15. The van der Waals surface area contributed by atoms with Gasteiger partial charge in [0.1, 0.15) is 0 Å². The molecule has 0 aliphatic carbocycles. The Morgan fingerprint density at radius 2 is 1.94 bits per heavy atom. The molecule has 0 aliphatic heterocycles. The van der Waals surface area contributed by atoms with Crippen molar-refractivity contribution in [3.05, 3.63) is 58.3 Å². The smallest absolute Gasteiger partial charge is 0.0952 e. The van der Waals surface area contributed by atoms with Crippen LogP contribution < -0.4 is 5.73 Å². The van der Waals surface area contributed by atoms with E-state index in [-0.39, 0.29) is 6.10 Å². The van der Waals surface area contributed by atoms with Crippen molar-refractivity contribution < 1.29 is 4.74 Å². The van der Waals surface area contributed by atoms with Gasteiger partial charge in [0.25, 0.3) is 0 Å². The van der Waals surface area contributed by atoms with Gasteiger partial charge in [0.05, 0.1) is 12.7 Å². The molecule has 0 saturated heterocycles. The minimum atomic E-state index is -0.0108. The molecule has 2 nitrogen and oxygen atoms in total. The van der Waals surface area contributed by atoms with Gasteiger partial charge in [0, 0.05) is 11.4 Å². The van der Waals surface area contributed by atoms with Gasteiger partial charge in [-0.15, -0.1) is 11.3 Å². The van der Waals surface area contributed by atoms with Crippen LogP contribution in [-0.4, -0.2) is 6.54 Å². The Morgan fingerprint density at radius 1 is 1.12 bits per heavy atom. The van der Waals surface area contributed by atoms with Crippen LogP contribution in [0.3, 0.4) is 0 Å². The van der Waals surface area contributed by atoms with Crippen LogP contribution in [0.25, 0.3) is 0 Å². The molecule has 1 unspecified atom stereocenters. The van der Waals surface area contributed by atoms with Gasteiger partial charge in [-0.3, -0.25) is 0 Å². The summed E-state index contributed by atoms with van der Waals surface area (Å²) in [5.41, 5.74) is 6.86. The van der Waals surface area contributed by atoms with Crippen molar-refractivity contribution in [1.82, 2.24) is 0 Å². The molecule has 2 rings (SSSR count). The zero-order valence-electron chi connectivity index (χ0n) is 9.00. The molecule has 1 aromatic carbocycles. The lowest BCUT2D eigenvalue weighted by atomic mass is 10.1. The molecule has 0 fully saturated rings. The first-order valence-corrected chi connectivity index (χ1v) is 6.17. The Hall–Kier alpha value is -1.16. The predicted molar refractivity (Wildman–Crippen MR) is 67.3 cm³/mol. The minimum Gasteiger partial charge on any atom is -0.367 e. The van der Waals surface area contributed by atoms with E-state index in [1.165, 1.54) is 4.88 Å². The second-order valence-corrected chi connectivity index (χ2v) is 4.56. The first-order chi connectivity index (χ1) is 7.90. The monoisotopic (exact) mass is 233 g/mol. The minimum absolute atomic E-state index is 0.0108. The van der Waals surface area contributed by atoms with Crippen molar-refractivity contribution in [2.75, 3.05) is 6.54 Å². The zero-order chi connectivity index (χ0) is 11.2. The van der Waals surface area contributed by atoms with E-state index in [0.29, 0.717) is 13.2 Å². The highest BCUT2D eigenvalue weighted by atomic mass is 32.1. The van der Waals surface area contributed by atoms with E-state index < -0.39 is 0 Å². The lowest BCUT2D eigenvalue weighted by Gasteiger charge is -2.15. The maximum Gasteiger partial charge on any atom is 0.0952 e. The van der Waals surface area contributed by atoms with E-state index in [9.17, 15) is 0 Å². The largest absolute Gasteiger partial charge is 0.367 e. The molecule has 1 heterocycles. The van der Waals surface area contributed by atoms with E-state index in [1.54, 1.807) is 11.3 Å². The molecule has 0 bridgehead atoms. The van der Waals surface area contributed by atoms with Gasteiger partial charge < -0.3 is 10.5 Å². The van der Waals surface area contributed by atoms with Gasteiger partial charge in [-0.25, -0.2) is 0 Å². The number of hydrogen-bond donors (Lipinski definition) is 1. The van der Waals surface area contributed by atoms with Crippen LogP contribution in [0, 0.1) is 0 Å². The summed E-state index contributed by atoms with van der Waals surface area (Å²) in [7, 11) is 0. The molecule has 0 radical (unpaired) electrons. The maximum absolute atomic E-state index is 5.81. The molecule has 0 spiro atoms. The molecular weight excluding hydrogens is 218 g/mol. The number of hydrogen-bond acceptors (Lipinski definition) is 3. The Balaban J connectivity index is 1.96. The molecule has 0 saturated carbocycles. The average molecular weight is 233 g/mol. The van der Waals surface area contributed by atoms with E-state index in [1.807, 2.05) is 36.4 Å². The van der Waals surface area contributed by atoms with Crippen LogP contribution in [0.15, 0.2) is 47.8 Å². The zero-order valence-corrected chi connectivity index (χ0v) is 9.82. The van der Waals surface area contributed by atoms with E-state index in [0.717, 1.165) is 5.56 Å². The molecule has 3 heteroatoms. The number of rotatable bonds is 5. The predicted octanol–water partition coefficient (Wildman–Crippen LogP) is 2.96. The normalized spacial score (nSPS) is 12.6. The number of nitrogens with two attached hydrogens (primary N) is 1. The summed E-state index contributed by atoms with van der Waals surface area (Å²) in [5.74, 6) is 0. The van der Waals surface area contributed by atoms with Crippen LogP contribution in [0.4, 0.5) is 0 Å². The van der Waals surface area contributed by atoms with Crippen LogP contribution in [0.1, 0.15) is 16.5 Å². The quantitative estimate of drug-likeness (QED) is 0.861. The Kier molecular flexibility index (Phi) is 4.10. The SMILES string of the molecule is NCC(OCc1cccs1)c1ccccc1. The maximum atomic E-state index is 5.81. The van der Waals surface area contributed by atoms with Gasteiger partial charge in [0.2, 0.25) is 0 Å². The fraction of sp³-hybridized carbons (Fsp3) is 0.231. The highest BCUT2D eigenvalue weighted by Gasteiger charge is 2.09. The molecule has 2 N–H and O–H groups in total. The molecule has 0 amide bonds. The first kappa shape index (κ1) is 11.3. The Bertz CT molecular complexity index is 399. The fourth-order valence-corrected chi connectivity index (χ4v) is 2.17. The van der Waals surface area contributed by atoms with Crippen molar-refractivity contribution in [1.29, 1.82) is 0 Å². The van der Waals surface area contributed by atoms with Crippen LogP contribution >= 0.6 is 11.3 Å². The molecular formula is C13H15NOS. The van der Waals surface area contributed by atoms with Gasteiger partial charge in [-0.2, -0.15) is 0 Å².